The second-order valence-electron chi connectivity index (χ2n) is 3.22. The van der Waals surface area contributed by atoms with E-state index in [0.717, 1.165) is 11.8 Å². The molecule has 2 bridgehead atoms. The summed E-state index contributed by atoms with van der Waals surface area (Å²) < 4.78 is 0. The average molecular weight is 124 g/mol. The molecule has 1 saturated carbocycles. The molecule has 1 heteroatoms. The van der Waals surface area contributed by atoms with Crippen LogP contribution in [0.5, 0.6) is 0 Å². The lowest BCUT2D eigenvalue weighted by molar-refractivity contribution is 0.207. The van der Waals surface area contributed by atoms with E-state index >= 15 is 0 Å². The fourth-order valence-electron chi connectivity index (χ4n) is 2.10. The summed E-state index contributed by atoms with van der Waals surface area (Å²) >= 11 is 0. The van der Waals surface area contributed by atoms with Crippen molar-refractivity contribution >= 4 is 0 Å². The first-order valence-electron chi connectivity index (χ1n) is 3.69. The third-order valence-corrected chi connectivity index (χ3v) is 2.65. The molecular formula is C8H12O. The first-order chi connectivity index (χ1) is 4.40. The van der Waals surface area contributed by atoms with Gasteiger partial charge in [-0.05, 0) is 30.6 Å². The maximum Gasteiger partial charge on any atom is 0.0465 e. The lowest BCUT2D eigenvalue weighted by Gasteiger charge is -2.13. The van der Waals surface area contributed by atoms with Crippen molar-refractivity contribution in [2.24, 2.45) is 17.8 Å². The van der Waals surface area contributed by atoms with Gasteiger partial charge in [-0.3, -0.25) is 0 Å². The van der Waals surface area contributed by atoms with Crippen LogP contribution in [-0.4, -0.2) is 11.7 Å². The van der Waals surface area contributed by atoms with Crippen LogP contribution in [0.1, 0.15) is 12.8 Å². The van der Waals surface area contributed by atoms with Crippen LogP contribution in [0, 0.1) is 17.8 Å². The topological polar surface area (TPSA) is 20.2 Å². The van der Waals surface area contributed by atoms with Crippen molar-refractivity contribution in [2.75, 3.05) is 6.61 Å². The summed E-state index contributed by atoms with van der Waals surface area (Å²) in [6.07, 6.45) is 7.12. The Morgan fingerprint density at radius 3 is 2.56 bits per heavy atom. The Balaban J connectivity index is 2.10. The van der Waals surface area contributed by atoms with Gasteiger partial charge in [-0.1, -0.05) is 12.2 Å². The number of hydrogen-bond donors (Lipinski definition) is 1. The highest BCUT2D eigenvalue weighted by atomic mass is 16.3. The predicted octanol–water partition coefficient (Wildman–Crippen LogP) is 1.19. The Morgan fingerprint density at radius 2 is 2.22 bits per heavy atom. The molecule has 9 heavy (non-hydrogen) atoms. The van der Waals surface area contributed by atoms with Gasteiger partial charge in [0.25, 0.3) is 0 Å². The summed E-state index contributed by atoms with van der Waals surface area (Å²) in [5.41, 5.74) is 0. The van der Waals surface area contributed by atoms with E-state index in [0.29, 0.717) is 12.5 Å². The minimum absolute atomic E-state index is 0.394. The van der Waals surface area contributed by atoms with E-state index in [-0.39, 0.29) is 0 Å². The molecule has 50 valence electrons. The number of aliphatic hydroxyl groups excluding tert-OH is 1. The van der Waals surface area contributed by atoms with Crippen LogP contribution in [0.2, 0.25) is 0 Å². The molecule has 3 atom stereocenters. The zero-order valence-corrected chi connectivity index (χ0v) is 5.46. The minimum Gasteiger partial charge on any atom is -0.396 e. The third-order valence-electron chi connectivity index (χ3n) is 2.65. The van der Waals surface area contributed by atoms with E-state index in [1.807, 2.05) is 0 Å². The number of allylic oxidation sites excluding steroid dienone is 2. The van der Waals surface area contributed by atoms with Crippen LogP contribution in [0.25, 0.3) is 0 Å². The van der Waals surface area contributed by atoms with Gasteiger partial charge in [0.15, 0.2) is 0 Å². The van der Waals surface area contributed by atoms with Crippen LogP contribution in [0.3, 0.4) is 0 Å². The molecule has 2 aliphatic carbocycles. The fourth-order valence-corrected chi connectivity index (χ4v) is 2.10. The largest absolute Gasteiger partial charge is 0.396 e. The molecule has 0 aromatic carbocycles. The molecule has 0 saturated heterocycles. The van der Waals surface area contributed by atoms with Crippen molar-refractivity contribution in [3.05, 3.63) is 12.2 Å². The van der Waals surface area contributed by atoms with Gasteiger partial charge < -0.3 is 5.11 Å². The van der Waals surface area contributed by atoms with Crippen LogP contribution in [0.4, 0.5) is 0 Å². The summed E-state index contributed by atoms with van der Waals surface area (Å²) in [5, 5.41) is 8.85. The highest BCUT2D eigenvalue weighted by Crippen LogP contribution is 2.42. The van der Waals surface area contributed by atoms with Crippen LogP contribution in [0.15, 0.2) is 12.2 Å². The van der Waals surface area contributed by atoms with Gasteiger partial charge >= 0.3 is 0 Å². The second kappa shape index (κ2) is 1.84. The number of rotatable bonds is 1. The van der Waals surface area contributed by atoms with Crippen molar-refractivity contribution < 1.29 is 5.11 Å². The molecule has 0 aliphatic heterocycles. The van der Waals surface area contributed by atoms with Gasteiger partial charge in [0.2, 0.25) is 0 Å². The number of hydrogen-bond acceptors (Lipinski definition) is 1. The zero-order valence-electron chi connectivity index (χ0n) is 5.46. The van der Waals surface area contributed by atoms with Crippen LogP contribution < -0.4 is 0 Å². The molecule has 2 aliphatic rings. The van der Waals surface area contributed by atoms with Crippen molar-refractivity contribution in [2.45, 2.75) is 12.8 Å². The Bertz CT molecular complexity index is 140. The summed E-state index contributed by atoms with van der Waals surface area (Å²) in [5.74, 6) is 2.13. The van der Waals surface area contributed by atoms with E-state index in [1.165, 1.54) is 12.8 Å². The Labute approximate surface area is 55.4 Å². The average Bonchev–Trinajstić information content (AvgIpc) is 2.45. The van der Waals surface area contributed by atoms with Gasteiger partial charge in [0.05, 0.1) is 0 Å². The number of aliphatic hydroxyl groups is 1. The normalized spacial score (nSPS) is 46.6. The first kappa shape index (κ1) is 5.48. The van der Waals surface area contributed by atoms with Gasteiger partial charge in [0, 0.05) is 6.61 Å². The van der Waals surface area contributed by atoms with Gasteiger partial charge in [-0.15, -0.1) is 0 Å². The molecule has 1 fully saturated rings. The van der Waals surface area contributed by atoms with E-state index in [1.54, 1.807) is 0 Å². The summed E-state index contributed by atoms with van der Waals surface area (Å²) in [6.45, 7) is 0.394. The standard InChI is InChI=1S/C8H12O/c9-5-8-4-6-1-2-7(8)3-6/h1-2,6-9H,3-5H2/t6?,7?,8-/m0/s1. The highest BCUT2D eigenvalue weighted by molar-refractivity contribution is 5.09. The van der Waals surface area contributed by atoms with E-state index in [9.17, 15) is 0 Å². The SMILES string of the molecule is OC[C@@H]1CC2C=CC1C2. The minimum atomic E-state index is 0.394. The van der Waals surface area contributed by atoms with E-state index in [4.69, 9.17) is 5.11 Å². The fraction of sp³-hybridized carbons (Fsp3) is 0.750. The molecule has 0 amide bonds. The molecule has 1 N–H and O–H groups in total. The van der Waals surface area contributed by atoms with Crippen molar-refractivity contribution in [3.63, 3.8) is 0 Å². The van der Waals surface area contributed by atoms with E-state index in [2.05, 4.69) is 12.2 Å². The molecule has 0 radical (unpaired) electrons. The Hall–Kier alpha value is -0.300. The summed E-state index contributed by atoms with van der Waals surface area (Å²) in [6, 6.07) is 0. The maximum absolute atomic E-state index is 8.85. The molecule has 0 spiro atoms. The molecule has 2 unspecified atom stereocenters. The highest BCUT2D eigenvalue weighted by Gasteiger charge is 2.34. The first-order valence-corrected chi connectivity index (χ1v) is 3.69. The third kappa shape index (κ3) is 0.715. The molecule has 0 heterocycles. The van der Waals surface area contributed by atoms with Crippen molar-refractivity contribution in [1.82, 2.24) is 0 Å². The molecule has 0 aromatic rings. The smallest absolute Gasteiger partial charge is 0.0465 e. The Morgan fingerprint density at radius 1 is 1.33 bits per heavy atom. The lowest BCUT2D eigenvalue weighted by Crippen LogP contribution is -2.10. The monoisotopic (exact) mass is 124 g/mol. The number of fused-ring (bicyclic) bond motifs is 2. The quantitative estimate of drug-likeness (QED) is 0.520. The molecular weight excluding hydrogens is 112 g/mol. The lowest BCUT2D eigenvalue weighted by atomic mass is 9.95. The van der Waals surface area contributed by atoms with Gasteiger partial charge in [-0.25, -0.2) is 0 Å². The van der Waals surface area contributed by atoms with E-state index < -0.39 is 0 Å². The van der Waals surface area contributed by atoms with Crippen molar-refractivity contribution in [1.29, 1.82) is 0 Å². The molecule has 0 aromatic heterocycles. The second-order valence-corrected chi connectivity index (χ2v) is 3.22. The van der Waals surface area contributed by atoms with Crippen LogP contribution in [-0.2, 0) is 0 Å². The van der Waals surface area contributed by atoms with Crippen LogP contribution >= 0.6 is 0 Å². The van der Waals surface area contributed by atoms with Crippen molar-refractivity contribution in [3.8, 4) is 0 Å². The molecule has 2 rings (SSSR count). The summed E-state index contributed by atoms with van der Waals surface area (Å²) in [4.78, 5) is 0. The molecule has 1 nitrogen and oxygen atoms in total. The van der Waals surface area contributed by atoms with Gasteiger partial charge in [-0.2, -0.15) is 0 Å². The maximum atomic E-state index is 8.85. The Kier molecular flexibility index (Phi) is 1.12. The summed E-state index contributed by atoms with van der Waals surface area (Å²) in [7, 11) is 0. The van der Waals surface area contributed by atoms with Gasteiger partial charge in [0.1, 0.15) is 0 Å². The zero-order chi connectivity index (χ0) is 6.27. The predicted molar refractivity (Wildman–Crippen MR) is 35.9 cm³/mol.